The third kappa shape index (κ3) is 2.40. The molecule has 5 heterocycles. The van der Waals surface area contributed by atoms with Crippen LogP contribution in [-0.2, 0) is 20.9 Å². The van der Waals surface area contributed by atoms with Gasteiger partial charge in [-0.1, -0.05) is 17.3 Å². The third-order valence-electron chi connectivity index (χ3n) is 5.51. The Hall–Kier alpha value is -3.00. The van der Waals surface area contributed by atoms with E-state index in [1.807, 2.05) is 24.3 Å². The summed E-state index contributed by atoms with van der Waals surface area (Å²) in [6.07, 6.45) is 6.78. The highest BCUT2D eigenvalue weighted by Crippen LogP contribution is 2.52. The van der Waals surface area contributed by atoms with Gasteiger partial charge in [-0.2, -0.15) is 0 Å². The Balaban J connectivity index is 1.38. The van der Waals surface area contributed by atoms with Crippen molar-refractivity contribution in [3.63, 3.8) is 0 Å². The second-order valence-electron chi connectivity index (χ2n) is 7.19. The summed E-state index contributed by atoms with van der Waals surface area (Å²) in [5, 5.41) is 6.87. The number of fused-ring (bicyclic) bond motifs is 1. The minimum atomic E-state index is -0.771. The smallest absolute Gasteiger partial charge is 0.235 e. The normalized spacial score (nSPS) is 30.8. The topological polar surface area (TPSA) is 97.6 Å². The number of aromatic nitrogens is 2. The Morgan fingerprint density at radius 2 is 2.22 bits per heavy atom. The number of ether oxygens (including phenoxy) is 1. The van der Waals surface area contributed by atoms with E-state index in [0.29, 0.717) is 24.7 Å². The molecule has 2 aromatic rings. The van der Waals surface area contributed by atoms with Gasteiger partial charge in [0.25, 0.3) is 0 Å². The molecule has 138 valence electrons. The molecule has 8 nitrogen and oxygen atoms in total. The second kappa shape index (κ2) is 5.75. The fourth-order valence-corrected chi connectivity index (χ4v) is 4.28. The van der Waals surface area contributed by atoms with E-state index < -0.39 is 17.4 Å². The molecule has 0 saturated carbocycles. The Morgan fingerprint density at radius 3 is 2.96 bits per heavy atom. The van der Waals surface area contributed by atoms with E-state index in [0.717, 1.165) is 5.56 Å². The molecule has 1 spiro atoms. The molecule has 4 atom stereocenters. The lowest BCUT2D eigenvalue weighted by molar-refractivity contribution is -0.132. The van der Waals surface area contributed by atoms with Crippen molar-refractivity contribution in [2.45, 2.75) is 25.2 Å². The summed E-state index contributed by atoms with van der Waals surface area (Å²) >= 11 is 0. The molecular weight excluding hydrogens is 348 g/mol. The zero-order valence-electron chi connectivity index (χ0n) is 14.7. The highest BCUT2D eigenvalue weighted by Gasteiger charge is 2.67. The SMILES string of the molecule is Cc1cc(N2C[C@]34C=C[C@@H](O3)[C@@H](C(=O)NCc3ccncc3)[C@@H]4C2=O)no1. The summed E-state index contributed by atoms with van der Waals surface area (Å²) < 4.78 is 11.2. The van der Waals surface area contributed by atoms with Gasteiger partial charge in [0.2, 0.25) is 11.8 Å². The Labute approximate surface area is 155 Å². The molecule has 8 heteroatoms. The number of aryl methyl sites for hydroxylation is 1. The Kier molecular flexibility index (Phi) is 3.45. The standard InChI is InChI=1S/C19H18N4O4/c1-11-8-14(22-27-11)23-10-19-5-2-13(26-19)15(16(19)18(23)25)17(24)21-9-12-3-6-20-7-4-12/h2-8,13,15-16H,9-10H2,1H3,(H,21,24)/t13-,15-,16-,19+/m1/s1. The molecule has 3 aliphatic heterocycles. The predicted molar refractivity (Wildman–Crippen MR) is 93.4 cm³/mol. The minimum absolute atomic E-state index is 0.154. The number of hydrogen-bond donors (Lipinski definition) is 1. The first-order valence-corrected chi connectivity index (χ1v) is 8.86. The lowest BCUT2D eigenvalue weighted by atomic mass is 9.77. The van der Waals surface area contributed by atoms with Crippen molar-refractivity contribution < 1.29 is 18.8 Å². The first-order chi connectivity index (χ1) is 13.1. The van der Waals surface area contributed by atoms with E-state index >= 15 is 0 Å². The van der Waals surface area contributed by atoms with Gasteiger partial charge >= 0.3 is 0 Å². The lowest BCUT2D eigenvalue weighted by Gasteiger charge is -2.23. The van der Waals surface area contributed by atoms with Crippen molar-refractivity contribution in [2.75, 3.05) is 11.4 Å². The van der Waals surface area contributed by atoms with E-state index in [-0.39, 0.29) is 17.9 Å². The Morgan fingerprint density at radius 1 is 1.41 bits per heavy atom. The van der Waals surface area contributed by atoms with Crippen LogP contribution >= 0.6 is 0 Å². The largest absolute Gasteiger partial charge is 0.360 e. The Bertz CT molecular complexity index is 940. The number of hydrogen-bond acceptors (Lipinski definition) is 6. The van der Waals surface area contributed by atoms with Gasteiger partial charge in [-0.3, -0.25) is 19.5 Å². The molecule has 0 aromatic carbocycles. The van der Waals surface area contributed by atoms with Crippen LogP contribution in [0.2, 0.25) is 0 Å². The number of pyridine rings is 1. The van der Waals surface area contributed by atoms with Crippen LogP contribution < -0.4 is 10.2 Å². The van der Waals surface area contributed by atoms with Crippen LogP contribution in [-0.4, -0.2) is 40.2 Å². The maximum Gasteiger partial charge on any atom is 0.235 e. The molecule has 2 aromatic heterocycles. The van der Waals surface area contributed by atoms with Crippen LogP contribution in [0.15, 0.2) is 47.3 Å². The lowest BCUT2D eigenvalue weighted by Crippen LogP contribution is -2.44. The van der Waals surface area contributed by atoms with Gasteiger partial charge in [0.1, 0.15) is 11.4 Å². The fraction of sp³-hybridized carbons (Fsp3) is 0.368. The van der Waals surface area contributed by atoms with Crippen LogP contribution in [0.5, 0.6) is 0 Å². The molecule has 3 aliphatic rings. The summed E-state index contributed by atoms with van der Waals surface area (Å²) in [6.45, 7) is 2.49. The number of rotatable bonds is 4. The number of nitrogens with one attached hydrogen (secondary N) is 1. The van der Waals surface area contributed by atoms with Crippen molar-refractivity contribution in [1.29, 1.82) is 0 Å². The number of carbonyl (C=O) groups excluding carboxylic acids is 2. The van der Waals surface area contributed by atoms with Crippen LogP contribution in [0.4, 0.5) is 5.82 Å². The van der Waals surface area contributed by atoms with Crippen molar-refractivity contribution >= 4 is 17.6 Å². The molecule has 5 rings (SSSR count). The van der Waals surface area contributed by atoms with Crippen molar-refractivity contribution in [2.24, 2.45) is 11.8 Å². The number of nitrogens with zero attached hydrogens (tertiary/aromatic N) is 3. The maximum atomic E-state index is 13.1. The summed E-state index contributed by atoms with van der Waals surface area (Å²) in [7, 11) is 0. The molecule has 0 aliphatic carbocycles. The molecule has 2 amide bonds. The molecule has 0 radical (unpaired) electrons. The van der Waals surface area contributed by atoms with Crippen LogP contribution in [0, 0.1) is 18.8 Å². The predicted octanol–water partition coefficient (Wildman–Crippen LogP) is 0.981. The second-order valence-corrected chi connectivity index (χ2v) is 7.19. The molecule has 2 bridgehead atoms. The summed E-state index contributed by atoms with van der Waals surface area (Å²) in [5.41, 5.74) is 0.179. The molecule has 0 unspecified atom stereocenters. The van der Waals surface area contributed by atoms with Crippen LogP contribution in [0.1, 0.15) is 11.3 Å². The van der Waals surface area contributed by atoms with E-state index in [4.69, 9.17) is 9.26 Å². The van der Waals surface area contributed by atoms with Gasteiger partial charge in [-0.25, -0.2) is 0 Å². The number of anilines is 1. The summed E-state index contributed by atoms with van der Waals surface area (Å²) in [5.74, 6) is -0.361. The van der Waals surface area contributed by atoms with Gasteiger partial charge in [0.15, 0.2) is 5.82 Å². The average Bonchev–Trinajstić information content (AvgIpc) is 3.42. The van der Waals surface area contributed by atoms with E-state index in [2.05, 4.69) is 15.5 Å². The van der Waals surface area contributed by atoms with Crippen molar-refractivity contribution in [3.8, 4) is 0 Å². The fourth-order valence-electron chi connectivity index (χ4n) is 4.28. The summed E-state index contributed by atoms with van der Waals surface area (Å²) in [4.78, 5) is 31.5. The van der Waals surface area contributed by atoms with Crippen LogP contribution in [0.25, 0.3) is 0 Å². The first kappa shape index (κ1) is 16.2. The van der Waals surface area contributed by atoms with Crippen molar-refractivity contribution in [3.05, 3.63) is 54.1 Å². The number of carbonyl (C=O) groups is 2. The van der Waals surface area contributed by atoms with Crippen LogP contribution in [0.3, 0.4) is 0 Å². The van der Waals surface area contributed by atoms with E-state index in [1.54, 1.807) is 30.3 Å². The van der Waals surface area contributed by atoms with Gasteiger partial charge in [0.05, 0.1) is 24.5 Å². The molecule has 2 saturated heterocycles. The van der Waals surface area contributed by atoms with E-state index in [9.17, 15) is 9.59 Å². The van der Waals surface area contributed by atoms with Gasteiger partial charge in [0, 0.05) is 25.0 Å². The highest BCUT2D eigenvalue weighted by atomic mass is 16.5. The molecule has 2 fully saturated rings. The monoisotopic (exact) mass is 366 g/mol. The maximum absolute atomic E-state index is 13.1. The highest BCUT2D eigenvalue weighted by molar-refractivity contribution is 6.02. The zero-order chi connectivity index (χ0) is 18.6. The van der Waals surface area contributed by atoms with Gasteiger partial charge in [-0.05, 0) is 24.6 Å². The average molecular weight is 366 g/mol. The minimum Gasteiger partial charge on any atom is -0.360 e. The molecule has 1 N–H and O–H groups in total. The quantitative estimate of drug-likeness (QED) is 0.810. The first-order valence-electron chi connectivity index (χ1n) is 8.86. The van der Waals surface area contributed by atoms with Gasteiger partial charge < -0.3 is 14.6 Å². The van der Waals surface area contributed by atoms with E-state index in [1.165, 1.54) is 0 Å². The number of amides is 2. The molecule has 27 heavy (non-hydrogen) atoms. The van der Waals surface area contributed by atoms with Gasteiger partial charge in [-0.15, -0.1) is 0 Å². The third-order valence-corrected chi connectivity index (χ3v) is 5.51. The van der Waals surface area contributed by atoms with Crippen molar-refractivity contribution in [1.82, 2.24) is 15.5 Å². The summed E-state index contributed by atoms with van der Waals surface area (Å²) in [6, 6.07) is 5.40. The zero-order valence-corrected chi connectivity index (χ0v) is 14.7. The molecular formula is C19H18N4O4.